The van der Waals surface area contributed by atoms with Gasteiger partial charge in [-0.2, -0.15) is 5.10 Å². The number of hydrogen-bond acceptors (Lipinski definition) is 3. The third-order valence-corrected chi connectivity index (χ3v) is 4.73. The van der Waals surface area contributed by atoms with E-state index in [2.05, 4.69) is 57.4 Å². The van der Waals surface area contributed by atoms with Crippen molar-refractivity contribution < 1.29 is 0 Å². The first-order valence-corrected chi connectivity index (χ1v) is 7.70. The molecule has 1 N–H and O–H groups in total. The maximum Gasteiger partial charge on any atom is 0.0951 e. The van der Waals surface area contributed by atoms with Crippen LogP contribution in [0.2, 0.25) is 5.02 Å². The van der Waals surface area contributed by atoms with Crippen LogP contribution in [-0.4, -0.2) is 46.7 Å². The van der Waals surface area contributed by atoms with Gasteiger partial charge in [-0.15, -0.1) is 0 Å². The van der Waals surface area contributed by atoms with Gasteiger partial charge in [0.2, 0.25) is 0 Å². The summed E-state index contributed by atoms with van der Waals surface area (Å²) in [6, 6.07) is 11.1. The third-order valence-electron chi connectivity index (χ3n) is 4.23. The topological polar surface area (TPSA) is 35.2 Å². The molecule has 0 saturated carbocycles. The fraction of sp³-hybridized carbons (Fsp3) is 0.438. The zero-order valence-electron chi connectivity index (χ0n) is 12.5. The SMILES string of the molecule is Cc1[nH]nc(CN2CCN(C)[C@@H](c3ccccc3)C2)c1Cl. The lowest BCUT2D eigenvalue weighted by Gasteiger charge is -2.39. The lowest BCUT2D eigenvalue weighted by atomic mass is 10.0. The van der Waals surface area contributed by atoms with E-state index in [4.69, 9.17) is 11.6 Å². The maximum absolute atomic E-state index is 6.28. The molecule has 0 aliphatic carbocycles. The number of piperazine rings is 1. The number of likely N-dealkylation sites (N-methyl/N-ethyl adjacent to an activating group) is 1. The molecule has 2 heterocycles. The molecule has 5 heteroatoms. The standard InChI is InChI=1S/C16H21ClN4/c1-12-16(17)14(19-18-12)10-21-9-8-20(2)15(11-21)13-6-4-3-5-7-13/h3-7,15H,8-11H2,1-2H3,(H,18,19)/t15-/m1/s1. The molecule has 112 valence electrons. The first-order valence-electron chi connectivity index (χ1n) is 7.32. The van der Waals surface area contributed by atoms with Crippen LogP contribution in [0.1, 0.15) is 23.0 Å². The minimum atomic E-state index is 0.429. The number of nitrogens with one attached hydrogen (secondary N) is 1. The van der Waals surface area contributed by atoms with Crippen molar-refractivity contribution in [2.75, 3.05) is 26.7 Å². The summed E-state index contributed by atoms with van der Waals surface area (Å²) in [5.74, 6) is 0. The van der Waals surface area contributed by atoms with Crippen LogP contribution in [-0.2, 0) is 6.54 Å². The van der Waals surface area contributed by atoms with Crippen LogP contribution in [0.5, 0.6) is 0 Å². The van der Waals surface area contributed by atoms with Crippen molar-refractivity contribution in [1.82, 2.24) is 20.0 Å². The highest BCUT2D eigenvalue weighted by Crippen LogP contribution is 2.26. The Labute approximate surface area is 130 Å². The van der Waals surface area contributed by atoms with Gasteiger partial charge in [0.1, 0.15) is 0 Å². The lowest BCUT2D eigenvalue weighted by Crippen LogP contribution is -2.46. The molecular weight excluding hydrogens is 284 g/mol. The molecule has 1 saturated heterocycles. The Kier molecular flexibility index (Phi) is 4.29. The summed E-state index contributed by atoms with van der Waals surface area (Å²) in [4.78, 5) is 4.85. The Morgan fingerprint density at radius 2 is 2.05 bits per heavy atom. The summed E-state index contributed by atoms with van der Waals surface area (Å²) in [5, 5.41) is 8.04. The number of rotatable bonds is 3. The van der Waals surface area contributed by atoms with E-state index in [-0.39, 0.29) is 0 Å². The molecule has 0 radical (unpaired) electrons. The van der Waals surface area contributed by atoms with Gasteiger partial charge in [0.25, 0.3) is 0 Å². The van der Waals surface area contributed by atoms with Crippen molar-refractivity contribution in [3.63, 3.8) is 0 Å². The fourth-order valence-electron chi connectivity index (χ4n) is 2.89. The Hall–Kier alpha value is -1.36. The number of benzene rings is 1. The van der Waals surface area contributed by atoms with Crippen molar-refractivity contribution in [2.45, 2.75) is 19.5 Å². The van der Waals surface area contributed by atoms with E-state index >= 15 is 0 Å². The molecule has 1 aromatic heterocycles. The number of halogens is 1. The van der Waals surface area contributed by atoms with Crippen LogP contribution in [0.3, 0.4) is 0 Å². The van der Waals surface area contributed by atoms with Gasteiger partial charge in [-0.1, -0.05) is 41.9 Å². The predicted molar refractivity (Wildman–Crippen MR) is 85.4 cm³/mol. The molecule has 1 aliphatic heterocycles. The van der Waals surface area contributed by atoms with Crippen LogP contribution >= 0.6 is 11.6 Å². The van der Waals surface area contributed by atoms with Gasteiger partial charge in [0.05, 0.1) is 16.4 Å². The average Bonchev–Trinajstić information content (AvgIpc) is 2.82. The van der Waals surface area contributed by atoms with Crippen LogP contribution in [0, 0.1) is 6.92 Å². The van der Waals surface area contributed by atoms with Crippen molar-refractivity contribution in [3.8, 4) is 0 Å². The number of aryl methyl sites for hydroxylation is 1. The van der Waals surface area contributed by atoms with Crippen LogP contribution < -0.4 is 0 Å². The highest BCUT2D eigenvalue weighted by atomic mass is 35.5. The second-order valence-electron chi connectivity index (χ2n) is 5.75. The maximum atomic E-state index is 6.28. The molecule has 0 spiro atoms. The summed E-state index contributed by atoms with van der Waals surface area (Å²) in [6.07, 6.45) is 0. The minimum absolute atomic E-state index is 0.429. The van der Waals surface area contributed by atoms with E-state index in [0.29, 0.717) is 6.04 Å². The molecule has 0 amide bonds. The Morgan fingerprint density at radius 3 is 2.71 bits per heavy atom. The zero-order valence-corrected chi connectivity index (χ0v) is 13.3. The summed E-state index contributed by atoms with van der Waals surface area (Å²) in [5.41, 5.74) is 3.26. The summed E-state index contributed by atoms with van der Waals surface area (Å²) in [6.45, 7) is 5.86. The van der Waals surface area contributed by atoms with E-state index in [9.17, 15) is 0 Å². The molecule has 21 heavy (non-hydrogen) atoms. The lowest BCUT2D eigenvalue weighted by molar-refractivity contribution is 0.0896. The largest absolute Gasteiger partial charge is 0.297 e. The molecule has 2 aromatic rings. The molecule has 1 aromatic carbocycles. The van der Waals surface area contributed by atoms with Gasteiger partial charge in [0, 0.05) is 32.2 Å². The monoisotopic (exact) mass is 304 g/mol. The zero-order chi connectivity index (χ0) is 14.8. The van der Waals surface area contributed by atoms with Gasteiger partial charge in [-0.25, -0.2) is 0 Å². The van der Waals surface area contributed by atoms with Crippen LogP contribution in [0.15, 0.2) is 30.3 Å². The third kappa shape index (κ3) is 3.12. The molecule has 3 rings (SSSR count). The number of hydrogen-bond donors (Lipinski definition) is 1. The first-order chi connectivity index (χ1) is 10.1. The van der Waals surface area contributed by atoms with Gasteiger partial charge >= 0.3 is 0 Å². The predicted octanol–water partition coefficient (Wildman–Crippen LogP) is 2.86. The van der Waals surface area contributed by atoms with Crippen molar-refractivity contribution in [2.24, 2.45) is 0 Å². The van der Waals surface area contributed by atoms with Gasteiger partial charge < -0.3 is 0 Å². The smallest absolute Gasteiger partial charge is 0.0951 e. The molecule has 4 nitrogen and oxygen atoms in total. The van der Waals surface area contributed by atoms with E-state index in [1.54, 1.807) is 0 Å². The van der Waals surface area contributed by atoms with Crippen molar-refractivity contribution >= 4 is 11.6 Å². The summed E-state index contributed by atoms with van der Waals surface area (Å²) >= 11 is 6.28. The van der Waals surface area contributed by atoms with Crippen LogP contribution in [0.4, 0.5) is 0 Å². The Morgan fingerprint density at radius 1 is 1.29 bits per heavy atom. The molecule has 0 bridgehead atoms. The number of aromatic nitrogens is 2. The minimum Gasteiger partial charge on any atom is -0.297 e. The van der Waals surface area contributed by atoms with Crippen LogP contribution in [0.25, 0.3) is 0 Å². The van der Waals surface area contributed by atoms with Gasteiger partial charge in [0.15, 0.2) is 0 Å². The quantitative estimate of drug-likeness (QED) is 0.947. The Balaban J connectivity index is 1.72. The van der Waals surface area contributed by atoms with Crippen molar-refractivity contribution in [3.05, 3.63) is 52.3 Å². The fourth-order valence-corrected chi connectivity index (χ4v) is 3.04. The summed E-state index contributed by atoms with van der Waals surface area (Å²) < 4.78 is 0. The molecule has 1 fully saturated rings. The summed E-state index contributed by atoms with van der Waals surface area (Å²) in [7, 11) is 2.20. The van der Waals surface area contributed by atoms with E-state index in [1.165, 1.54) is 5.56 Å². The highest BCUT2D eigenvalue weighted by molar-refractivity contribution is 6.31. The molecule has 1 aliphatic rings. The molecule has 0 unspecified atom stereocenters. The van der Waals surface area contributed by atoms with Gasteiger partial charge in [-0.05, 0) is 19.5 Å². The Bertz CT molecular complexity index is 596. The number of aromatic amines is 1. The first kappa shape index (κ1) is 14.6. The average molecular weight is 305 g/mol. The van der Waals surface area contributed by atoms with Crippen molar-refractivity contribution in [1.29, 1.82) is 0 Å². The second kappa shape index (κ2) is 6.18. The molecular formula is C16H21ClN4. The van der Waals surface area contributed by atoms with E-state index in [0.717, 1.165) is 42.6 Å². The van der Waals surface area contributed by atoms with Gasteiger partial charge in [-0.3, -0.25) is 14.9 Å². The number of nitrogens with zero attached hydrogens (tertiary/aromatic N) is 3. The second-order valence-corrected chi connectivity index (χ2v) is 6.13. The number of H-pyrrole nitrogens is 1. The highest BCUT2D eigenvalue weighted by Gasteiger charge is 2.26. The molecule has 1 atom stereocenters. The van der Waals surface area contributed by atoms with E-state index < -0.39 is 0 Å². The van der Waals surface area contributed by atoms with E-state index in [1.807, 2.05) is 6.92 Å². The normalized spacial score (nSPS) is 20.8.